The molecule has 0 spiro atoms. The van der Waals surface area contributed by atoms with E-state index >= 15 is 0 Å². The lowest BCUT2D eigenvalue weighted by atomic mass is 9.60. The molecule has 2 aliphatic rings. The van der Waals surface area contributed by atoms with Gasteiger partial charge in [-0.1, -0.05) is 26.0 Å². The summed E-state index contributed by atoms with van der Waals surface area (Å²) in [6.07, 6.45) is 1.02. The largest absolute Gasteiger partial charge is 0.493 e. The number of rotatable bonds is 3. The predicted octanol–water partition coefficient (Wildman–Crippen LogP) is 1.87. The Morgan fingerprint density at radius 3 is 2.72 bits per heavy atom. The van der Waals surface area contributed by atoms with Crippen LogP contribution in [0.5, 0.6) is 5.75 Å². The van der Waals surface area contributed by atoms with Crippen LogP contribution in [0, 0.1) is 5.41 Å². The Labute approximate surface area is 108 Å². The van der Waals surface area contributed by atoms with Crippen LogP contribution in [-0.4, -0.2) is 26.4 Å². The highest BCUT2D eigenvalue weighted by molar-refractivity contribution is 5.44. The normalized spacial score (nSPS) is 21.1. The summed E-state index contributed by atoms with van der Waals surface area (Å²) in [5, 5.41) is 0. The van der Waals surface area contributed by atoms with Crippen molar-refractivity contribution < 1.29 is 9.47 Å². The molecule has 0 unspecified atom stereocenters. The maximum Gasteiger partial charge on any atom is 0.122 e. The van der Waals surface area contributed by atoms with Crippen LogP contribution < -0.4 is 10.5 Å². The van der Waals surface area contributed by atoms with Crippen LogP contribution >= 0.6 is 0 Å². The molecule has 1 fully saturated rings. The third kappa shape index (κ3) is 1.50. The molecular formula is C15H21NO2. The van der Waals surface area contributed by atoms with Gasteiger partial charge in [-0.05, 0) is 29.2 Å². The quantitative estimate of drug-likeness (QED) is 0.887. The molecule has 0 bridgehead atoms. The Bertz CT molecular complexity index is 464. The van der Waals surface area contributed by atoms with Gasteiger partial charge < -0.3 is 15.2 Å². The summed E-state index contributed by atoms with van der Waals surface area (Å²) in [5.41, 5.74) is 8.78. The number of hydrogen-bond acceptors (Lipinski definition) is 3. The summed E-state index contributed by atoms with van der Waals surface area (Å²) in [4.78, 5) is 0. The minimum absolute atomic E-state index is 0.0545. The molecule has 3 nitrogen and oxygen atoms in total. The van der Waals surface area contributed by atoms with Crippen LogP contribution in [0.25, 0.3) is 0 Å². The second kappa shape index (κ2) is 3.97. The number of hydrogen-bond donors (Lipinski definition) is 1. The average molecular weight is 247 g/mol. The van der Waals surface area contributed by atoms with Crippen molar-refractivity contribution in [3.63, 3.8) is 0 Å². The van der Waals surface area contributed by atoms with Crippen LogP contribution in [0.3, 0.4) is 0 Å². The van der Waals surface area contributed by atoms with Gasteiger partial charge in [-0.25, -0.2) is 0 Å². The summed E-state index contributed by atoms with van der Waals surface area (Å²) in [6, 6.07) is 6.58. The zero-order chi connectivity index (χ0) is 12.8. The topological polar surface area (TPSA) is 44.5 Å². The van der Waals surface area contributed by atoms with Crippen LogP contribution in [-0.2, 0) is 16.6 Å². The smallest absolute Gasteiger partial charge is 0.122 e. The van der Waals surface area contributed by atoms with Gasteiger partial charge in [-0.15, -0.1) is 0 Å². The Morgan fingerprint density at radius 2 is 2.11 bits per heavy atom. The molecule has 1 saturated heterocycles. The number of benzene rings is 1. The zero-order valence-corrected chi connectivity index (χ0v) is 11.2. The van der Waals surface area contributed by atoms with Crippen molar-refractivity contribution in [3.05, 3.63) is 29.3 Å². The molecular weight excluding hydrogens is 226 g/mol. The van der Waals surface area contributed by atoms with Crippen molar-refractivity contribution in [2.24, 2.45) is 11.1 Å². The molecule has 0 amide bonds. The Hall–Kier alpha value is -1.06. The van der Waals surface area contributed by atoms with Crippen molar-refractivity contribution in [1.82, 2.24) is 0 Å². The first-order valence-corrected chi connectivity index (χ1v) is 6.63. The summed E-state index contributed by atoms with van der Waals surface area (Å²) in [5.74, 6) is 1.04. The molecule has 0 radical (unpaired) electrons. The van der Waals surface area contributed by atoms with E-state index in [1.807, 2.05) is 0 Å². The monoisotopic (exact) mass is 247 g/mol. The molecule has 3 rings (SSSR count). The van der Waals surface area contributed by atoms with Gasteiger partial charge in [0.1, 0.15) is 5.75 Å². The molecule has 18 heavy (non-hydrogen) atoms. The van der Waals surface area contributed by atoms with E-state index in [1.54, 1.807) is 0 Å². The molecule has 2 heterocycles. The van der Waals surface area contributed by atoms with Crippen LogP contribution in [0.15, 0.2) is 18.2 Å². The molecule has 1 aromatic rings. The van der Waals surface area contributed by atoms with E-state index in [1.165, 1.54) is 11.1 Å². The van der Waals surface area contributed by atoms with Gasteiger partial charge in [-0.3, -0.25) is 0 Å². The van der Waals surface area contributed by atoms with Crippen LogP contribution in [0.4, 0.5) is 0 Å². The fourth-order valence-corrected chi connectivity index (χ4v) is 2.93. The van der Waals surface area contributed by atoms with Gasteiger partial charge in [0.25, 0.3) is 0 Å². The third-order valence-corrected chi connectivity index (χ3v) is 4.74. The lowest BCUT2D eigenvalue weighted by molar-refractivity contribution is -0.116. The highest BCUT2D eigenvalue weighted by Crippen LogP contribution is 2.47. The van der Waals surface area contributed by atoms with Crippen molar-refractivity contribution in [2.75, 3.05) is 26.4 Å². The van der Waals surface area contributed by atoms with E-state index in [2.05, 4.69) is 32.0 Å². The fraction of sp³-hybridized carbons (Fsp3) is 0.600. The highest BCUT2D eigenvalue weighted by atomic mass is 16.5. The summed E-state index contributed by atoms with van der Waals surface area (Å²) >= 11 is 0. The van der Waals surface area contributed by atoms with Crippen molar-refractivity contribution >= 4 is 0 Å². The first kappa shape index (κ1) is 12.0. The highest BCUT2D eigenvalue weighted by Gasteiger charge is 2.51. The Balaban J connectivity index is 2.02. The second-order valence-corrected chi connectivity index (χ2v) is 6.08. The second-order valence-electron chi connectivity index (χ2n) is 6.08. The van der Waals surface area contributed by atoms with Gasteiger partial charge in [-0.2, -0.15) is 0 Å². The number of fused-ring (bicyclic) bond motifs is 1. The van der Waals surface area contributed by atoms with E-state index in [0.29, 0.717) is 6.54 Å². The van der Waals surface area contributed by atoms with Gasteiger partial charge in [0.2, 0.25) is 0 Å². The Morgan fingerprint density at radius 1 is 1.33 bits per heavy atom. The lowest BCUT2D eigenvalue weighted by Crippen LogP contribution is -2.59. The van der Waals surface area contributed by atoms with Gasteiger partial charge in [0.05, 0.1) is 19.8 Å². The minimum atomic E-state index is 0.0545. The van der Waals surface area contributed by atoms with Gasteiger partial charge in [0.15, 0.2) is 0 Å². The van der Waals surface area contributed by atoms with Gasteiger partial charge >= 0.3 is 0 Å². The Kier molecular flexibility index (Phi) is 2.65. The van der Waals surface area contributed by atoms with Crippen molar-refractivity contribution in [2.45, 2.75) is 25.7 Å². The maximum atomic E-state index is 5.97. The first-order valence-electron chi connectivity index (χ1n) is 6.63. The molecule has 0 saturated carbocycles. The molecule has 2 N–H and O–H groups in total. The van der Waals surface area contributed by atoms with E-state index in [4.69, 9.17) is 15.2 Å². The molecule has 1 aromatic carbocycles. The third-order valence-electron chi connectivity index (χ3n) is 4.74. The zero-order valence-electron chi connectivity index (χ0n) is 11.2. The summed E-state index contributed by atoms with van der Waals surface area (Å²) in [6.45, 7) is 7.50. The first-order chi connectivity index (χ1) is 8.59. The summed E-state index contributed by atoms with van der Waals surface area (Å²) in [7, 11) is 0. The fourth-order valence-electron chi connectivity index (χ4n) is 2.93. The minimum Gasteiger partial charge on any atom is -0.493 e. The number of ether oxygens (including phenoxy) is 2. The van der Waals surface area contributed by atoms with E-state index in [9.17, 15) is 0 Å². The van der Waals surface area contributed by atoms with Crippen LogP contribution in [0.2, 0.25) is 0 Å². The molecule has 0 aromatic heterocycles. The predicted molar refractivity (Wildman–Crippen MR) is 71.0 cm³/mol. The van der Waals surface area contributed by atoms with E-state index < -0.39 is 0 Å². The molecule has 98 valence electrons. The average Bonchev–Trinajstić information content (AvgIpc) is 2.74. The molecule has 0 aliphatic carbocycles. The molecule has 0 atom stereocenters. The van der Waals surface area contributed by atoms with E-state index in [-0.39, 0.29) is 10.8 Å². The number of nitrogens with two attached hydrogens (primary N) is 1. The van der Waals surface area contributed by atoms with Gasteiger partial charge in [0, 0.05) is 11.8 Å². The maximum absolute atomic E-state index is 5.97. The van der Waals surface area contributed by atoms with Crippen LogP contribution in [0.1, 0.15) is 25.0 Å². The van der Waals surface area contributed by atoms with Crippen molar-refractivity contribution in [3.8, 4) is 5.75 Å². The lowest BCUT2D eigenvalue weighted by Gasteiger charge is -2.52. The van der Waals surface area contributed by atoms with Crippen molar-refractivity contribution in [1.29, 1.82) is 0 Å². The summed E-state index contributed by atoms with van der Waals surface area (Å²) < 4.78 is 11.1. The SMILES string of the molecule is CC(C)(CN)C1(c2ccc3c(c2)CCO3)COC1. The standard InChI is InChI=1S/C15H21NO2/c1-14(2,8-16)15(9-17-10-15)12-3-4-13-11(7-12)5-6-18-13/h3-4,7H,5-6,8-10,16H2,1-2H3. The molecule has 2 aliphatic heterocycles. The molecule has 3 heteroatoms. The van der Waals surface area contributed by atoms with E-state index in [0.717, 1.165) is 32.0 Å².